The molecule has 0 fully saturated rings. The van der Waals surface area contributed by atoms with Crippen molar-refractivity contribution < 1.29 is 0 Å². The number of nitrogen functional groups attached to an aromatic ring is 1. The third-order valence-corrected chi connectivity index (χ3v) is 2.93. The zero-order chi connectivity index (χ0) is 11.5. The molecule has 17 heavy (non-hydrogen) atoms. The van der Waals surface area contributed by atoms with Gasteiger partial charge in [0.2, 0.25) is 0 Å². The number of halogens is 2. The van der Waals surface area contributed by atoms with Gasteiger partial charge in [0, 0.05) is 11.3 Å². The van der Waals surface area contributed by atoms with Crippen molar-refractivity contribution in [1.29, 1.82) is 0 Å². The first-order valence-electron chi connectivity index (χ1n) is 5.42. The van der Waals surface area contributed by atoms with Crippen molar-refractivity contribution in [1.82, 2.24) is 4.98 Å². The molecule has 0 spiro atoms. The second-order valence-corrected chi connectivity index (χ2v) is 4.40. The molecule has 0 saturated carbocycles. The summed E-state index contributed by atoms with van der Waals surface area (Å²) in [6, 6.07) is 8.31. The van der Waals surface area contributed by atoms with E-state index in [-0.39, 0.29) is 12.4 Å². The molecule has 0 radical (unpaired) electrons. The number of aromatic nitrogens is 1. The fourth-order valence-corrected chi connectivity index (χ4v) is 1.95. The van der Waals surface area contributed by atoms with Crippen LogP contribution in [0.5, 0.6) is 0 Å². The molecule has 1 heterocycles. The molecule has 0 amide bonds. The van der Waals surface area contributed by atoms with Crippen LogP contribution in [0.2, 0.25) is 0 Å². The van der Waals surface area contributed by atoms with Gasteiger partial charge in [0.15, 0.2) is 0 Å². The molecule has 4 heteroatoms. The Balaban J connectivity index is 0.00000144. The Morgan fingerprint density at radius 2 is 2.06 bits per heavy atom. The molecule has 0 aliphatic carbocycles. The molecular formula is C13H16Cl2N2. The van der Waals surface area contributed by atoms with E-state index in [0.29, 0.717) is 11.7 Å². The minimum Gasteiger partial charge on any atom is -0.383 e. The van der Waals surface area contributed by atoms with Gasteiger partial charge < -0.3 is 5.73 Å². The molecule has 0 aliphatic heterocycles. The normalized spacial score (nSPS) is 10.2. The summed E-state index contributed by atoms with van der Waals surface area (Å²) in [5, 5.41) is 1.15. The van der Waals surface area contributed by atoms with Crippen molar-refractivity contribution in [3.8, 4) is 0 Å². The summed E-state index contributed by atoms with van der Waals surface area (Å²) in [4.78, 5) is 4.40. The summed E-state index contributed by atoms with van der Waals surface area (Å²) in [6.07, 6.45) is 1.83. The van der Waals surface area contributed by atoms with Crippen molar-refractivity contribution in [2.24, 2.45) is 0 Å². The average molecular weight is 271 g/mol. The van der Waals surface area contributed by atoms with Gasteiger partial charge in [-0.05, 0) is 43.5 Å². The van der Waals surface area contributed by atoms with Gasteiger partial charge in [-0.15, -0.1) is 24.0 Å². The lowest BCUT2D eigenvalue weighted by atomic mass is 10.1. The van der Waals surface area contributed by atoms with Crippen molar-refractivity contribution in [2.45, 2.75) is 19.8 Å². The summed E-state index contributed by atoms with van der Waals surface area (Å²) in [5.41, 5.74) is 9.20. The molecule has 0 aliphatic rings. The molecule has 0 bridgehead atoms. The van der Waals surface area contributed by atoms with Gasteiger partial charge in [0.1, 0.15) is 5.82 Å². The summed E-state index contributed by atoms with van der Waals surface area (Å²) in [6.45, 7) is 2.08. The summed E-state index contributed by atoms with van der Waals surface area (Å²) >= 11 is 5.69. The molecule has 0 saturated heterocycles. The highest BCUT2D eigenvalue weighted by atomic mass is 35.5. The maximum atomic E-state index is 5.91. The topological polar surface area (TPSA) is 38.9 Å². The zero-order valence-corrected chi connectivity index (χ0v) is 11.3. The van der Waals surface area contributed by atoms with Crippen LogP contribution in [-0.4, -0.2) is 10.9 Å². The molecule has 2 N–H and O–H groups in total. The van der Waals surface area contributed by atoms with E-state index in [1.165, 1.54) is 5.56 Å². The predicted molar refractivity (Wildman–Crippen MR) is 77.2 cm³/mol. The van der Waals surface area contributed by atoms with E-state index in [0.717, 1.165) is 29.3 Å². The fourth-order valence-electron chi connectivity index (χ4n) is 1.81. The molecule has 0 unspecified atom stereocenters. The number of nitrogens with zero attached hydrogens (tertiary/aromatic N) is 1. The first-order valence-corrected chi connectivity index (χ1v) is 5.96. The fraction of sp³-hybridized carbons (Fsp3) is 0.308. The maximum Gasteiger partial charge on any atom is 0.127 e. The Morgan fingerprint density at radius 3 is 2.76 bits per heavy atom. The second kappa shape index (κ2) is 6.08. The smallest absolute Gasteiger partial charge is 0.127 e. The van der Waals surface area contributed by atoms with Crippen molar-refractivity contribution in [2.75, 3.05) is 11.6 Å². The third kappa shape index (κ3) is 3.24. The SMILES string of the molecule is Cc1ccc2nc(N)c(CCCCl)cc2c1.Cl. The molecule has 1 aromatic carbocycles. The first-order chi connectivity index (χ1) is 7.70. The van der Waals surface area contributed by atoms with E-state index in [1.54, 1.807) is 0 Å². The van der Waals surface area contributed by atoms with Crippen LogP contribution in [-0.2, 0) is 6.42 Å². The van der Waals surface area contributed by atoms with Crippen molar-refractivity contribution >= 4 is 40.7 Å². The van der Waals surface area contributed by atoms with Crippen LogP contribution < -0.4 is 5.73 Å². The third-order valence-electron chi connectivity index (χ3n) is 2.66. The number of benzene rings is 1. The van der Waals surface area contributed by atoms with Crippen LogP contribution in [0.4, 0.5) is 5.82 Å². The minimum absolute atomic E-state index is 0. The van der Waals surface area contributed by atoms with E-state index in [4.69, 9.17) is 17.3 Å². The van der Waals surface area contributed by atoms with Gasteiger partial charge in [-0.1, -0.05) is 11.6 Å². The number of hydrogen-bond donors (Lipinski definition) is 1. The lowest BCUT2D eigenvalue weighted by molar-refractivity contribution is 0.928. The van der Waals surface area contributed by atoms with Crippen LogP contribution >= 0.6 is 24.0 Å². The Bertz CT molecular complexity index is 512. The monoisotopic (exact) mass is 270 g/mol. The van der Waals surface area contributed by atoms with E-state index < -0.39 is 0 Å². The molecule has 2 nitrogen and oxygen atoms in total. The summed E-state index contributed by atoms with van der Waals surface area (Å²) < 4.78 is 0. The van der Waals surface area contributed by atoms with Gasteiger partial charge in [0.05, 0.1) is 5.52 Å². The molecule has 2 aromatic rings. The van der Waals surface area contributed by atoms with E-state index in [1.807, 2.05) is 12.1 Å². The number of hydrogen-bond acceptors (Lipinski definition) is 2. The highest BCUT2D eigenvalue weighted by Crippen LogP contribution is 2.20. The van der Waals surface area contributed by atoms with Gasteiger partial charge in [-0.2, -0.15) is 0 Å². The van der Waals surface area contributed by atoms with Crippen LogP contribution in [0.15, 0.2) is 24.3 Å². The standard InChI is InChI=1S/C13H15ClN2.ClH/c1-9-4-5-12-11(7-9)8-10(3-2-6-14)13(15)16-12;/h4-5,7-8H,2-3,6H2,1H3,(H2,15,16);1H. The first kappa shape index (κ1) is 14.1. The average Bonchev–Trinajstić information content (AvgIpc) is 2.27. The summed E-state index contributed by atoms with van der Waals surface area (Å²) in [5.74, 6) is 1.28. The highest BCUT2D eigenvalue weighted by Gasteiger charge is 2.03. The van der Waals surface area contributed by atoms with Gasteiger partial charge >= 0.3 is 0 Å². The minimum atomic E-state index is 0. The Labute approximate surface area is 113 Å². The molecule has 2 rings (SSSR count). The number of rotatable bonds is 3. The molecule has 1 aromatic heterocycles. The molecule has 92 valence electrons. The number of anilines is 1. The van der Waals surface area contributed by atoms with Crippen LogP contribution in [0.1, 0.15) is 17.5 Å². The number of aryl methyl sites for hydroxylation is 2. The summed E-state index contributed by atoms with van der Waals surface area (Å²) in [7, 11) is 0. The predicted octanol–water partition coefficient (Wildman–Crippen LogP) is 3.72. The van der Waals surface area contributed by atoms with Crippen LogP contribution in [0.3, 0.4) is 0 Å². The highest BCUT2D eigenvalue weighted by molar-refractivity contribution is 6.17. The molecule has 0 atom stereocenters. The van der Waals surface area contributed by atoms with Crippen molar-refractivity contribution in [3.63, 3.8) is 0 Å². The van der Waals surface area contributed by atoms with E-state index in [9.17, 15) is 0 Å². The number of alkyl halides is 1. The maximum absolute atomic E-state index is 5.91. The number of pyridine rings is 1. The lowest BCUT2D eigenvalue weighted by Gasteiger charge is -2.06. The largest absolute Gasteiger partial charge is 0.383 e. The van der Waals surface area contributed by atoms with Gasteiger partial charge in [-0.25, -0.2) is 4.98 Å². The second-order valence-electron chi connectivity index (χ2n) is 4.02. The van der Waals surface area contributed by atoms with Gasteiger partial charge in [0.25, 0.3) is 0 Å². The number of fused-ring (bicyclic) bond motifs is 1. The van der Waals surface area contributed by atoms with Crippen molar-refractivity contribution in [3.05, 3.63) is 35.4 Å². The van der Waals surface area contributed by atoms with E-state index >= 15 is 0 Å². The van der Waals surface area contributed by atoms with Crippen LogP contribution in [0, 0.1) is 6.92 Å². The lowest BCUT2D eigenvalue weighted by Crippen LogP contribution is -1.99. The van der Waals surface area contributed by atoms with Crippen LogP contribution in [0.25, 0.3) is 10.9 Å². The number of nitrogens with two attached hydrogens (primary N) is 1. The molecular weight excluding hydrogens is 255 g/mol. The van der Waals surface area contributed by atoms with E-state index in [2.05, 4.69) is 24.0 Å². The zero-order valence-electron chi connectivity index (χ0n) is 9.74. The van der Waals surface area contributed by atoms with Gasteiger partial charge in [-0.3, -0.25) is 0 Å². The Morgan fingerprint density at radius 1 is 1.29 bits per heavy atom. The Kier molecular flexibility index (Phi) is 5.03. The Hall–Kier alpha value is -0.990. The quantitative estimate of drug-likeness (QED) is 0.864.